The van der Waals surface area contributed by atoms with Gasteiger partial charge in [0.1, 0.15) is 0 Å². The number of allylic oxidation sites excluding steroid dienone is 4. The lowest BCUT2D eigenvalue weighted by molar-refractivity contribution is -0.150. The van der Waals surface area contributed by atoms with Gasteiger partial charge in [0.15, 0.2) is 11.3 Å². The number of Topliss-reactive ketones (excluding diaryl/α,β-unsaturated/α-hetero) is 1. The zero-order chi connectivity index (χ0) is 27.0. The van der Waals surface area contributed by atoms with Gasteiger partial charge in [-0.25, -0.2) is 9.80 Å². The van der Waals surface area contributed by atoms with E-state index in [-0.39, 0.29) is 50.0 Å². The van der Waals surface area contributed by atoms with E-state index < -0.39 is 24.5 Å². The maximum Gasteiger partial charge on any atom is 0.401 e. The summed E-state index contributed by atoms with van der Waals surface area (Å²) >= 11 is 0. The fourth-order valence-electron chi connectivity index (χ4n) is 4.05. The predicted octanol–water partition coefficient (Wildman–Crippen LogP) is 3.91. The first-order chi connectivity index (χ1) is 17.6. The Kier molecular flexibility index (Phi) is 9.87. The number of ether oxygens (including phenoxy) is 2. The van der Waals surface area contributed by atoms with Gasteiger partial charge < -0.3 is 9.47 Å². The normalized spacial score (nSPS) is 18.9. The molecule has 0 aromatic carbocycles. The van der Waals surface area contributed by atoms with Crippen LogP contribution in [-0.2, 0) is 19.1 Å². The number of carbonyl (C=O) groups excluding carboxylic acids is 2. The number of aryl methyl sites for hydroxylation is 1. The molecule has 2 aliphatic rings. The largest absolute Gasteiger partial charge is 0.462 e. The molecule has 11 heteroatoms. The Hall–Kier alpha value is -3.18. The van der Waals surface area contributed by atoms with Crippen molar-refractivity contribution < 1.29 is 32.2 Å². The van der Waals surface area contributed by atoms with E-state index in [1.165, 1.54) is 4.90 Å². The number of piperazine rings is 1. The van der Waals surface area contributed by atoms with Gasteiger partial charge in [0, 0.05) is 43.6 Å². The molecule has 0 radical (unpaired) electrons. The number of pyridine rings is 1. The highest BCUT2D eigenvalue weighted by Crippen LogP contribution is 2.29. The minimum absolute atomic E-state index is 0.0488. The molecule has 0 atom stereocenters. The Morgan fingerprint density at radius 1 is 1.24 bits per heavy atom. The first kappa shape index (κ1) is 28.4. The summed E-state index contributed by atoms with van der Waals surface area (Å²) < 4.78 is 49.1. The van der Waals surface area contributed by atoms with Gasteiger partial charge in [-0.2, -0.15) is 13.2 Å². The zero-order valence-corrected chi connectivity index (χ0v) is 21.4. The molecule has 0 bridgehead atoms. The fraction of sp³-hybridized carbons (Fsp3) is 0.500. The van der Waals surface area contributed by atoms with Crippen LogP contribution in [0.25, 0.3) is 5.57 Å². The molecule has 1 aromatic rings. The Labute approximate surface area is 214 Å². The molecule has 3 heterocycles. The Bertz CT molecular complexity index is 1070. The quantitative estimate of drug-likeness (QED) is 0.214. The van der Waals surface area contributed by atoms with Crippen molar-refractivity contribution in [1.29, 1.82) is 0 Å². The summed E-state index contributed by atoms with van der Waals surface area (Å²) in [5.74, 6) is -1.59. The van der Waals surface area contributed by atoms with E-state index in [0.29, 0.717) is 0 Å². The molecule has 1 fully saturated rings. The number of aromatic nitrogens is 1. The van der Waals surface area contributed by atoms with Crippen molar-refractivity contribution in [2.75, 3.05) is 39.3 Å². The van der Waals surface area contributed by atoms with Crippen LogP contribution in [0.3, 0.4) is 0 Å². The van der Waals surface area contributed by atoms with E-state index in [1.54, 1.807) is 30.3 Å². The lowest BCUT2D eigenvalue weighted by atomic mass is 10.0. The molecule has 37 heavy (non-hydrogen) atoms. The van der Waals surface area contributed by atoms with Crippen LogP contribution in [0.2, 0.25) is 0 Å². The Morgan fingerprint density at radius 2 is 1.97 bits per heavy atom. The minimum Gasteiger partial charge on any atom is -0.462 e. The van der Waals surface area contributed by atoms with Crippen LogP contribution in [-0.4, -0.2) is 72.2 Å². The second-order valence-electron chi connectivity index (χ2n) is 8.79. The maximum atomic E-state index is 13.3. The van der Waals surface area contributed by atoms with Crippen molar-refractivity contribution in [2.24, 2.45) is 0 Å². The van der Waals surface area contributed by atoms with Gasteiger partial charge in [0.05, 0.1) is 13.2 Å². The van der Waals surface area contributed by atoms with Gasteiger partial charge in [-0.1, -0.05) is 31.9 Å². The summed E-state index contributed by atoms with van der Waals surface area (Å²) in [6, 6.07) is 3.70. The molecule has 0 saturated carbocycles. The third kappa shape index (κ3) is 7.90. The summed E-state index contributed by atoms with van der Waals surface area (Å²) in [4.78, 5) is 31.6. The van der Waals surface area contributed by atoms with Crippen LogP contribution in [0.15, 0.2) is 47.7 Å². The molecule has 0 unspecified atom stereocenters. The summed E-state index contributed by atoms with van der Waals surface area (Å²) in [6.45, 7) is 5.46. The van der Waals surface area contributed by atoms with Crippen LogP contribution in [0.5, 0.6) is 0 Å². The molecule has 0 aliphatic carbocycles. The highest BCUT2D eigenvalue weighted by molar-refractivity contribution is 6.25. The molecular weight excluding hydrogens is 489 g/mol. The summed E-state index contributed by atoms with van der Waals surface area (Å²) in [5, 5.41) is 1.63. The van der Waals surface area contributed by atoms with Crippen molar-refractivity contribution in [1.82, 2.24) is 20.3 Å². The maximum absolute atomic E-state index is 13.3. The zero-order valence-electron chi connectivity index (χ0n) is 21.4. The number of hydrazine groups is 1. The molecule has 8 nitrogen and oxygen atoms in total. The van der Waals surface area contributed by atoms with Crippen LogP contribution in [0.1, 0.15) is 44.4 Å². The van der Waals surface area contributed by atoms with Gasteiger partial charge in [-0.3, -0.25) is 20.1 Å². The van der Waals surface area contributed by atoms with E-state index >= 15 is 0 Å². The van der Waals surface area contributed by atoms with Crippen molar-refractivity contribution in [2.45, 2.75) is 46.2 Å². The number of nitrogens with one attached hydrogen (secondary N) is 1. The first-order valence-corrected chi connectivity index (χ1v) is 12.4. The second kappa shape index (κ2) is 12.9. The average Bonchev–Trinajstić information content (AvgIpc) is 3.14. The van der Waals surface area contributed by atoms with Gasteiger partial charge in [-0.15, -0.1) is 0 Å². The molecule has 1 aromatic heterocycles. The summed E-state index contributed by atoms with van der Waals surface area (Å²) in [6.07, 6.45) is 3.75. The Balaban J connectivity index is 1.84. The van der Waals surface area contributed by atoms with Crippen molar-refractivity contribution >= 4 is 17.3 Å². The number of nitrogens with zero attached hydrogens (tertiary/aromatic N) is 3. The minimum atomic E-state index is -4.27. The second-order valence-corrected chi connectivity index (χ2v) is 8.79. The third-order valence-corrected chi connectivity index (χ3v) is 5.93. The number of halogens is 3. The smallest absolute Gasteiger partial charge is 0.401 e. The topological polar surface area (TPSA) is 84.0 Å². The standard InChI is InChI=1S/C26H33F3N4O4/c1-4-6-7-9-19(20-10-8-11-30-18(20)3)16-21-23(34)22(25(35)36-5-2)24(37-21)31-33-14-12-32(13-15-33)17-26(27,28)29/h8-11,16,31H,4-7,12-15,17H2,1-3H3/b19-9-,21-16-. The number of hydrogen-bond acceptors (Lipinski definition) is 8. The van der Waals surface area contributed by atoms with Crippen LogP contribution in [0, 0.1) is 6.92 Å². The van der Waals surface area contributed by atoms with Crippen LogP contribution in [0.4, 0.5) is 13.2 Å². The molecule has 0 amide bonds. The first-order valence-electron chi connectivity index (χ1n) is 12.4. The highest BCUT2D eigenvalue weighted by atomic mass is 19.4. The highest BCUT2D eigenvalue weighted by Gasteiger charge is 2.38. The van der Waals surface area contributed by atoms with Gasteiger partial charge >= 0.3 is 12.1 Å². The number of carbonyl (C=O) groups is 2. The van der Waals surface area contributed by atoms with E-state index in [9.17, 15) is 22.8 Å². The molecule has 2 aliphatic heterocycles. The van der Waals surface area contributed by atoms with E-state index in [4.69, 9.17) is 9.47 Å². The molecule has 0 spiro atoms. The molecule has 3 rings (SSSR count). The van der Waals surface area contributed by atoms with Gasteiger partial charge in [0.2, 0.25) is 11.7 Å². The fourth-order valence-corrected chi connectivity index (χ4v) is 4.05. The number of unbranched alkanes of at least 4 members (excludes halogenated alkanes) is 2. The molecular formula is C26H33F3N4O4. The molecule has 1 N–H and O–H groups in total. The molecule has 202 valence electrons. The van der Waals surface area contributed by atoms with E-state index in [2.05, 4.69) is 17.3 Å². The van der Waals surface area contributed by atoms with E-state index in [0.717, 1.165) is 36.1 Å². The number of rotatable bonds is 10. The lowest BCUT2D eigenvalue weighted by Crippen LogP contribution is -2.53. The number of ketones is 1. The summed E-state index contributed by atoms with van der Waals surface area (Å²) in [7, 11) is 0. The SMILES string of the molecule is CCCC/C=C(/C=C1\OC(NN2CCN(CC(F)(F)F)CC2)=C(C(=O)OCC)C1=O)c1cccnc1C. The van der Waals surface area contributed by atoms with Crippen molar-refractivity contribution in [3.8, 4) is 0 Å². The monoisotopic (exact) mass is 522 g/mol. The van der Waals surface area contributed by atoms with Crippen molar-refractivity contribution in [3.05, 3.63) is 59.0 Å². The van der Waals surface area contributed by atoms with Gasteiger partial charge in [-0.05, 0) is 38.0 Å². The average molecular weight is 523 g/mol. The lowest BCUT2D eigenvalue weighted by Gasteiger charge is -2.35. The predicted molar refractivity (Wildman–Crippen MR) is 132 cm³/mol. The van der Waals surface area contributed by atoms with Gasteiger partial charge in [0.25, 0.3) is 0 Å². The van der Waals surface area contributed by atoms with Crippen LogP contribution >= 0.6 is 0 Å². The molecule has 1 saturated heterocycles. The number of alkyl halides is 3. The summed E-state index contributed by atoms with van der Waals surface area (Å²) in [5.41, 5.74) is 5.00. The number of esters is 1. The third-order valence-electron chi connectivity index (χ3n) is 5.93. The Morgan fingerprint density at radius 3 is 2.59 bits per heavy atom. The number of hydrogen-bond donors (Lipinski definition) is 1. The van der Waals surface area contributed by atoms with Crippen molar-refractivity contribution in [3.63, 3.8) is 0 Å². The van der Waals surface area contributed by atoms with Crippen LogP contribution < -0.4 is 5.43 Å². The van der Waals surface area contributed by atoms with E-state index in [1.807, 2.05) is 19.1 Å².